The second-order valence-electron chi connectivity index (χ2n) is 5.01. The standard InChI is InChI=1S/C16H19N3O2/c1-3-12-6-5-7-13-8-14-15(9-19(12)13)18(11-17-14)10-16(20)21-4-2/h5-9H,3-4,10-11H2,1-2H3. The molecule has 3 heterocycles. The van der Waals surface area contributed by atoms with Crippen molar-refractivity contribution in [3.63, 3.8) is 0 Å². The minimum Gasteiger partial charge on any atom is -0.465 e. The van der Waals surface area contributed by atoms with Gasteiger partial charge in [0.05, 0.1) is 18.0 Å². The lowest BCUT2D eigenvalue weighted by Crippen LogP contribution is -2.32. The fraction of sp³-hybridized carbons (Fsp3) is 0.375. The molecule has 5 heteroatoms. The first-order valence-corrected chi connectivity index (χ1v) is 7.28. The summed E-state index contributed by atoms with van der Waals surface area (Å²) >= 11 is 0. The highest BCUT2D eigenvalue weighted by Crippen LogP contribution is 2.30. The Hall–Kier alpha value is -2.30. The van der Waals surface area contributed by atoms with Crippen LogP contribution < -0.4 is 0 Å². The molecule has 0 saturated carbocycles. The lowest BCUT2D eigenvalue weighted by Gasteiger charge is -2.32. The van der Waals surface area contributed by atoms with Crippen molar-refractivity contribution < 1.29 is 9.53 Å². The van der Waals surface area contributed by atoms with Gasteiger partial charge in [-0.25, -0.2) is 0 Å². The van der Waals surface area contributed by atoms with Crippen LogP contribution in [0.3, 0.4) is 0 Å². The smallest absolute Gasteiger partial charge is 0.325 e. The minimum absolute atomic E-state index is 0.213. The molecule has 3 aliphatic rings. The summed E-state index contributed by atoms with van der Waals surface area (Å²) in [5.41, 5.74) is 4.28. The topological polar surface area (TPSA) is 45.1 Å². The van der Waals surface area contributed by atoms with Gasteiger partial charge in [-0.3, -0.25) is 9.79 Å². The van der Waals surface area contributed by atoms with Gasteiger partial charge in [-0.2, -0.15) is 0 Å². The number of carbonyl (C=O) groups is 1. The first-order chi connectivity index (χ1) is 10.2. The van der Waals surface area contributed by atoms with Gasteiger partial charge in [-0.1, -0.05) is 13.0 Å². The molecule has 0 saturated heterocycles. The number of fused-ring (bicyclic) bond motifs is 2. The number of esters is 1. The quantitative estimate of drug-likeness (QED) is 0.743. The normalized spacial score (nSPS) is 19.3. The zero-order chi connectivity index (χ0) is 14.8. The van der Waals surface area contributed by atoms with E-state index in [2.05, 4.69) is 47.3 Å². The van der Waals surface area contributed by atoms with Crippen LogP contribution in [-0.4, -0.2) is 41.3 Å². The molecule has 110 valence electrons. The second-order valence-corrected chi connectivity index (χ2v) is 5.01. The third-order valence-corrected chi connectivity index (χ3v) is 3.68. The van der Waals surface area contributed by atoms with Crippen molar-refractivity contribution in [1.82, 2.24) is 9.80 Å². The maximum absolute atomic E-state index is 11.7. The van der Waals surface area contributed by atoms with Gasteiger partial charge in [0.25, 0.3) is 0 Å². The molecule has 5 nitrogen and oxygen atoms in total. The summed E-state index contributed by atoms with van der Waals surface area (Å²) in [5.74, 6) is -0.213. The van der Waals surface area contributed by atoms with Crippen LogP contribution in [0.25, 0.3) is 0 Å². The molecule has 3 aliphatic heterocycles. The summed E-state index contributed by atoms with van der Waals surface area (Å²) in [4.78, 5) is 20.3. The lowest BCUT2D eigenvalue weighted by atomic mass is 10.1. The predicted molar refractivity (Wildman–Crippen MR) is 81.2 cm³/mol. The van der Waals surface area contributed by atoms with Crippen LogP contribution in [0, 0.1) is 0 Å². The molecular weight excluding hydrogens is 266 g/mol. The maximum atomic E-state index is 11.7. The Morgan fingerprint density at radius 3 is 3.05 bits per heavy atom. The highest BCUT2D eigenvalue weighted by atomic mass is 16.5. The van der Waals surface area contributed by atoms with E-state index in [-0.39, 0.29) is 12.5 Å². The number of allylic oxidation sites excluding steroid dienone is 5. The first-order valence-electron chi connectivity index (χ1n) is 7.28. The summed E-state index contributed by atoms with van der Waals surface area (Å²) in [7, 11) is 0. The first kappa shape index (κ1) is 13.7. The number of hydrogen-bond donors (Lipinski definition) is 0. The summed E-state index contributed by atoms with van der Waals surface area (Å²) in [6.45, 7) is 5.10. The molecule has 0 aromatic heterocycles. The molecular formula is C16H19N3O2. The molecule has 0 unspecified atom stereocenters. The van der Waals surface area contributed by atoms with E-state index in [1.165, 1.54) is 5.70 Å². The predicted octanol–water partition coefficient (Wildman–Crippen LogP) is 2.17. The van der Waals surface area contributed by atoms with E-state index in [0.717, 1.165) is 23.5 Å². The van der Waals surface area contributed by atoms with Gasteiger partial charge in [-0.15, -0.1) is 0 Å². The molecule has 0 bridgehead atoms. The van der Waals surface area contributed by atoms with Crippen LogP contribution in [0.4, 0.5) is 0 Å². The van der Waals surface area contributed by atoms with Crippen molar-refractivity contribution in [3.05, 3.63) is 47.6 Å². The van der Waals surface area contributed by atoms with Crippen LogP contribution in [0.1, 0.15) is 20.3 Å². The van der Waals surface area contributed by atoms with Crippen molar-refractivity contribution in [3.8, 4) is 0 Å². The Labute approximate surface area is 124 Å². The Kier molecular flexibility index (Phi) is 3.64. The molecule has 3 rings (SSSR count). The van der Waals surface area contributed by atoms with E-state index in [1.54, 1.807) is 0 Å². The number of nitrogens with zero attached hydrogens (tertiary/aromatic N) is 3. The maximum Gasteiger partial charge on any atom is 0.325 e. The Morgan fingerprint density at radius 1 is 1.43 bits per heavy atom. The van der Waals surface area contributed by atoms with Crippen molar-refractivity contribution in [2.45, 2.75) is 20.3 Å². The summed E-state index contributed by atoms with van der Waals surface area (Å²) in [6.07, 6.45) is 11.3. The van der Waals surface area contributed by atoms with Gasteiger partial charge in [0.15, 0.2) is 0 Å². The average molecular weight is 285 g/mol. The van der Waals surface area contributed by atoms with E-state index in [9.17, 15) is 4.79 Å². The molecule has 0 amide bonds. The molecule has 0 fully saturated rings. The van der Waals surface area contributed by atoms with Crippen LogP contribution >= 0.6 is 0 Å². The summed E-state index contributed by atoms with van der Waals surface area (Å²) in [6, 6.07) is 0. The van der Waals surface area contributed by atoms with Crippen LogP contribution in [0.5, 0.6) is 0 Å². The second kappa shape index (κ2) is 5.60. The number of rotatable bonds is 4. The van der Waals surface area contributed by atoms with Crippen molar-refractivity contribution in [2.75, 3.05) is 19.8 Å². The molecule has 0 aromatic rings. The van der Waals surface area contributed by atoms with E-state index >= 15 is 0 Å². The van der Waals surface area contributed by atoms with E-state index in [4.69, 9.17) is 4.74 Å². The van der Waals surface area contributed by atoms with Gasteiger partial charge >= 0.3 is 5.97 Å². The van der Waals surface area contributed by atoms with E-state index in [1.807, 2.05) is 11.8 Å². The summed E-state index contributed by atoms with van der Waals surface area (Å²) < 4.78 is 5.02. The minimum atomic E-state index is -0.213. The third-order valence-electron chi connectivity index (χ3n) is 3.68. The van der Waals surface area contributed by atoms with Crippen LogP contribution in [0.2, 0.25) is 0 Å². The monoisotopic (exact) mass is 285 g/mol. The summed E-state index contributed by atoms with van der Waals surface area (Å²) in [5, 5.41) is 0. The van der Waals surface area contributed by atoms with Crippen LogP contribution in [-0.2, 0) is 9.53 Å². The van der Waals surface area contributed by atoms with Gasteiger partial charge in [-0.05, 0) is 31.6 Å². The molecule has 0 spiro atoms. The molecule has 0 N–H and O–H groups in total. The zero-order valence-electron chi connectivity index (χ0n) is 12.4. The largest absolute Gasteiger partial charge is 0.465 e. The van der Waals surface area contributed by atoms with Crippen molar-refractivity contribution in [2.24, 2.45) is 4.99 Å². The molecule has 0 atom stereocenters. The Balaban J connectivity index is 1.82. The number of ether oxygens (including phenoxy) is 1. The number of carbonyl (C=O) groups excluding carboxylic acids is 1. The fourth-order valence-corrected chi connectivity index (χ4v) is 2.66. The van der Waals surface area contributed by atoms with Gasteiger partial charge in [0.1, 0.15) is 13.2 Å². The van der Waals surface area contributed by atoms with Gasteiger partial charge < -0.3 is 14.5 Å². The third kappa shape index (κ3) is 2.51. The molecule has 0 radical (unpaired) electrons. The SMILES string of the molecule is CCOC(=O)CN1CN=C2C=C3C=CC=C(CC)N3C=C21. The highest BCUT2D eigenvalue weighted by molar-refractivity contribution is 6.10. The average Bonchev–Trinajstić information content (AvgIpc) is 2.87. The number of aliphatic imine (C=N–C) groups is 1. The van der Waals surface area contributed by atoms with Crippen molar-refractivity contribution >= 4 is 11.7 Å². The lowest BCUT2D eigenvalue weighted by molar-refractivity contribution is -0.143. The van der Waals surface area contributed by atoms with Gasteiger partial charge in [0.2, 0.25) is 0 Å². The van der Waals surface area contributed by atoms with Crippen molar-refractivity contribution in [1.29, 1.82) is 0 Å². The molecule has 21 heavy (non-hydrogen) atoms. The van der Waals surface area contributed by atoms with E-state index in [0.29, 0.717) is 13.3 Å². The Bertz CT molecular complexity index is 611. The molecule has 0 aliphatic carbocycles. The van der Waals surface area contributed by atoms with Crippen LogP contribution in [0.15, 0.2) is 52.6 Å². The number of hydrogen-bond acceptors (Lipinski definition) is 5. The highest BCUT2D eigenvalue weighted by Gasteiger charge is 2.28. The zero-order valence-corrected chi connectivity index (χ0v) is 12.4. The Morgan fingerprint density at radius 2 is 2.29 bits per heavy atom. The van der Waals surface area contributed by atoms with E-state index < -0.39 is 0 Å². The molecule has 0 aromatic carbocycles. The fourth-order valence-electron chi connectivity index (χ4n) is 2.66. The van der Waals surface area contributed by atoms with Gasteiger partial charge in [0, 0.05) is 17.6 Å².